The van der Waals surface area contributed by atoms with Crippen LogP contribution in [0, 0.1) is 5.41 Å². The van der Waals surface area contributed by atoms with Gasteiger partial charge in [0, 0.05) is 26.4 Å². The fourth-order valence-corrected chi connectivity index (χ4v) is 2.15. The van der Waals surface area contributed by atoms with Gasteiger partial charge in [0.05, 0.1) is 0 Å². The van der Waals surface area contributed by atoms with Crippen molar-refractivity contribution in [2.45, 2.75) is 27.7 Å². The lowest BCUT2D eigenvalue weighted by atomic mass is 9.72. The molecule has 8 heteroatoms. The van der Waals surface area contributed by atoms with Gasteiger partial charge in [0.2, 0.25) is 5.41 Å². The van der Waals surface area contributed by atoms with Crippen LogP contribution in [0.3, 0.4) is 0 Å². The van der Waals surface area contributed by atoms with Crippen molar-refractivity contribution in [1.29, 1.82) is 0 Å². The number of carbonyl (C=O) groups is 4. The lowest BCUT2D eigenvalue weighted by molar-refractivity contribution is -0.161. The Kier molecular flexibility index (Phi) is 12.1. The van der Waals surface area contributed by atoms with E-state index in [2.05, 4.69) is 0 Å². The van der Waals surface area contributed by atoms with Crippen molar-refractivity contribution in [1.82, 2.24) is 0 Å². The first-order valence-electron chi connectivity index (χ1n) is 8.37. The number of Topliss-reactive ketones (excluding diaryl/α,β-unsaturated/α-hetero) is 4. The number of carbonyl (C=O) groups excluding carboxylic acids is 4. The van der Waals surface area contributed by atoms with Gasteiger partial charge in [0.15, 0.2) is 23.1 Å². The number of ether oxygens (including phenoxy) is 4. The zero-order valence-electron chi connectivity index (χ0n) is 15.4. The molecule has 0 saturated carbocycles. The van der Waals surface area contributed by atoms with E-state index < -0.39 is 55.0 Å². The topological polar surface area (TPSA) is 105 Å². The monoisotopic (exact) mass is 360 g/mol. The Labute approximate surface area is 148 Å². The van der Waals surface area contributed by atoms with Crippen LogP contribution in [0.2, 0.25) is 0 Å². The Morgan fingerprint density at radius 3 is 0.880 bits per heavy atom. The molecule has 144 valence electrons. The lowest BCUT2D eigenvalue weighted by Crippen LogP contribution is -2.57. The maximum atomic E-state index is 12.7. The van der Waals surface area contributed by atoms with Crippen LogP contribution < -0.4 is 0 Å². The van der Waals surface area contributed by atoms with Gasteiger partial charge in [-0.3, -0.25) is 19.2 Å². The molecule has 0 aromatic rings. The molecule has 0 aromatic heterocycles. The molecule has 0 aliphatic rings. The van der Waals surface area contributed by atoms with Crippen molar-refractivity contribution < 1.29 is 38.1 Å². The third kappa shape index (κ3) is 6.39. The molecule has 0 unspecified atom stereocenters. The number of rotatable bonds is 16. The average molecular weight is 360 g/mol. The second kappa shape index (κ2) is 12.8. The van der Waals surface area contributed by atoms with Gasteiger partial charge in [-0.15, -0.1) is 0 Å². The molecule has 0 radical (unpaired) electrons. The molecule has 0 N–H and O–H groups in total. The van der Waals surface area contributed by atoms with E-state index in [-0.39, 0.29) is 26.4 Å². The molecule has 0 bridgehead atoms. The van der Waals surface area contributed by atoms with Crippen LogP contribution in [-0.2, 0) is 38.1 Å². The Balaban J connectivity index is 5.90. The molecule has 0 spiro atoms. The molecule has 0 aromatic carbocycles. The summed E-state index contributed by atoms with van der Waals surface area (Å²) in [6, 6.07) is 0. The van der Waals surface area contributed by atoms with E-state index in [0.29, 0.717) is 0 Å². The summed E-state index contributed by atoms with van der Waals surface area (Å²) in [4.78, 5) is 50.7. The minimum Gasteiger partial charge on any atom is -0.374 e. The van der Waals surface area contributed by atoms with Crippen LogP contribution in [0.25, 0.3) is 0 Å². The van der Waals surface area contributed by atoms with E-state index in [4.69, 9.17) is 18.9 Å². The van der Waals surface area contributed by atoms with E-state index in [0.717, 1.165) is 0 Å². The van der Waals surface area contributed by atoms with Crippen LogP contribution in [0.15, 0.2) is 0 Å². The smallest absolute Gasteiger partial charge is 0.212 e. The summed E-state index contributed by atoms with van der Waals surface area (Å²) in [5, 5.41) is 0. The summed E-state index contributed by atoms with van der Waals surface area (Å²) >= 11 is 0. The average Bonchev–Trinajstić information content (AvgIpc) is 2.61. The first-order chi connectivity index (χ1) is 11.9. The molecule has 0 aliphatic heterocycles. The molecular weight excluding hydrogens is 332 g/mol. The van der Waals surface area contributed by atoms with Gasteiger partial charge in [0.25, 0.3) is 0 Å². The lowest BCUT2D eigenvalue weighted by Gasteiger charge is -2.28. The Morgan fingerprint density at radius 2 is 0.720 bits per heavy atom. The molecule has 8 nitrogen and oxygen atoms in total. The highest BCUT2D eigenvalue weighted by atomic mass is 16.5. The van der Waals surface area contributed by atoms with Gasteiger partial charge in [-0.25, -0.2) is 0 Å². The molecular formula is C17H28O8. The van der Waals surface area contributed by atoms with Gasteiger partial charge in [-0.05, 0) is 27.7 Å². The standard InChI is InChI=1S/C17H28O8/c1-5-22-9-13(18)17(14(19)10-23-6-2,15(20)11-24-7-3)16(21)12-25-8-4/h5-12H2,1-4H3. The van der Waals surface area contributed by atoms with E-state index in [1.165, 1.54) is 0 Å². The van der Waals surface area contributed by atoms with Crippen LogP contribution in [0.1, 0.15) is 27.7 Å². The van der Waals surface area contributed by atoms with Crippen molar-refractivity contribution in [3.63, 3.8) is 0 Å². The van der Waals surface area contributed by atoms with Crippen molar-refractivity contribution in [2.24, 2.45) is 5.41 Å². The maximum absolute atomic E-state index is 12.7. The Morgan fingerprint density at radius 1 is 0.520 bits per heavy atom. The fraction of sp³-hybridized carbons (Fsp3) is 0.765. The molecule has 0 aliphatic carbocycles. The number of ketones is 4. The van der Waals surface area contributed by atoms with E-state index in [1.54, 1.807) is 27.7 Å². The number of hydrogen-bond acceptors (Lipinski definition) is 8. The van der Waals surface area contributed by atoms with Crippen molar-refractivity contribution in [3.05, 3.63) is 0 Å². The first-order valence-corrected chi connectivity index (χ1v) is 8.37. The zero-order chi connectivity index (χ0) is 19.3. The summed E-state index contributed by atoms with van der Waals surface area (Å²) in [6.45, 7) is 5.25. The van der Waals surface area contributed by atoms with Gasteiger partial charge >= 0.3 is 0 Å². The SMILES string of the molecule is CCOCC(=O)C(C(=O)COCC)(C(=O)COCC)C(=O)COCC. The summed E-state index contributed by atoms with van der Waals surface area (Å²) in [6.07, 6.45) is 0. The van der Waals surface area contributed by atoms with Crippen LogP contribution in [-0.4, -0.2) is 76.0 Å². The van der Waals surface area contributed by atoms with Gasteiger partial charge in [-0.1, -0.05) is 0 Å². The minimum atomic E-state index is -2.52. The second-order valence-electron chi connectivity index (χ2n) is 4.99. The van der Waals surface area contributed by atoms with Gasteiger partial charge < -0.3 is 18.9 Å². The van der Waals surface area contributed by atoms with E-state index >= 15 is 0 Å². The third-order valence-electron chi connectivity index (χ3n) is 3.42. The van der Waals surface area contributed by atoms with Crippen molar-refractivity contribution >= 4 is 23.1 Å². The van der Waals surface area contributed by atoms with Crippen molar-refractivity contribution in [2.75, 3.05) is 52.9 Å². The Bertz CT molecular complexity index is 372. The quantitative estimate of drug-likeness (QED) is 0.364. The third-order valence-corrected chi connectivity index (χ3v) is 3.42. The molecule has 0 amide bonds. The maximum Gasteiger partial charge on any atom is 0.212 e. The molecule has 0 saturated heterocycles. The zero-order valence-corrected chi connectivity index (χ0v) is 15.4. The van der Waals surface area contributed by atoms with E-state index in [9.17, 15) is 19.2 Å². The molecule has 0 fully saturated rings. The summed E-state index contributed by atoms with van der Waals surface area (Å²) in [5.74, 6) is -3.69. The highest BCUT2D eigenvalue weighted by molar-refractivity contribution is 6.39. The van der Waals surface area contributed by atoms with Gasteiger partial charge in [-0.2, -0.15) is 0 Å². The highest BCUT2D eigenvalue weighted by Crippen LogP contribution is 2.25. The van der Waals surface area contributed by atoms with Crippen LogP contribution in [0.4, 0.5) is 0 Å². The normalized spacial score (nSPS) is 11.4. The number of hydrogen-bond donors (Lipinski definition) is 0. The predicted octanol–water partition coefficient (Wildman–Crippen LogP) is 0.395. The van der Waals surface area contributed by atoms with E-state index in [1.807, 2.05) is 0 Å². The summed E-state index contributed by atoms with van der Waals surface area (Å²) in [7, 11) is 0. The largest absolute Gasteiger partial charge is 0.374 e. The molecule has 0 heterocycles. The predicted molar refractivity (Wildman–Crippen MR) is 88.4 cm³/mol. The first kappa shape index (κ1) is 23.5. The molecule has 0 rings (SSSR count). The van der Waals surface area contributed by atoms with Crippen LogP contribution in [0.5, 0.6) is 0 Å². The summed E-state index contributed by atoms with van der Waals surface area (Å²) < 4.78 is 20.1. The Hall–Kier alpha value is -1.48. The highest BCUT2D eigenvalue weighted by Gasteiger charge is 2.57. The summed E-state index contributed by atoms with van der Waals surface area (Å²) in [5.41, 5.74) is -2.52. The molecule has 25 heavy (non-hydrogen) atoms. The second-order valence-corrected chi connectivity index (χ2v) is 4.99. The van der Waals surface area contributed by atoms with Gasteiger partial charge in [0.1, 0.15) is 26.4 Å². The fourth-order valence-electron chi connectivity index (χ4n) is 2.15. The minimum absolute atomic E-state index is 0.195. The molecule has 0 atom stereocenters. The van der Waals surface area contributed by atoms with Crippen molar-refractivity contribution in [3.8, 4) is 0 Å². The van der Waals surface area contributed by atoms with Crippen LogP contribution >= 0.6 is 0 Å².